The van der Waals surface area contributed by atoms with Gasteiger partial charge in [0.15, 0.2) is 0 Å². The van der Waals surface area contributed by atoms with Crippen molar-refractivity contribution in [1.82, 2.24) is 0 Å². The normalized spacial score (nSPS) is 45.9. The molecule has 2 fully saturated rings. The van der Waals surface area contributed by atoms with Gasteiger partial charge < -0.3 is 9.47 Å². The highest BCUT2D eigenvalue weighted by atomic mass is 16.5. The number of rotatable bonds is 1. The molecule has 0 bridgehead atoms. The van der Waals surface area contributed by atoms with Crippen LogP contribution in [0.25, 0.3) is 0 Å². The van der Waals surface area contributed by atoms with Crippen LogP contribution in [-0.2, 0) is 9.47 Å². The number of ether oxygens (including phenoxy) is 2. The molecular weight excluding hydrogens is 128 g/mol. The van der Waals surface area contributed by atoms with E-state index in [0.717, 1.165) is 13.0 Å². The van der Waals surface area contributed by atoms with Crippen molar-refractivity contribution in [3.8, 4) is 0 Å². The number of methoxy groups -OCH3 is 1. The Kier molecular flexibility index (Phi) is 1.66. The highest BCUT2D eigenvalue weighted by molar-refractivity contribution is 4.96. The monoisotopic (exact) mass is 141 g/mol. The molecule has 0 unspecified atom stereocenters. The van der Waals surface area contributed by atoms with Gasteiger partial charge in [-0.3, -0.25) is 0 Å². The molecule has 57 valence electrons. The van der Waals surface area contributed by atoms with Crippen molar-refractivity contribution in [3.05, 3.63) is 6.42 Å². The maximum absolute atomic E-state index is 5.52. The molecule has 2 aliphatic rings. The summed E-state index contributed by atoms with van der Waals surface area (Å²) < 4.78 is 10.8. The fourth-order valence-corrected chi connectivity index (χ4v) is 1.95. The van der Waals surface area contributed by atoms with Gasteiger partial charge in [0.25, 0.3) is 0 Å². The van der Waals surface area contributed by atoms with Gasteiger partial charge in [0.05, 0.1) is 18.8 Å². The Labute approximate surface area is 61.5 Å². The van der Waals surface area contributed by atoms with E-state index in [1.807, 2.05) is 0 Å². The quantitative estimate of drug-likeness (QED) is 0.542. The van der Waals surface area contributed by atoms with Gasteiger partial charge in [0.1, 0.15) is 0 Å². The molecule has 0 amide bonds. The van der Waals surface area contributed by atoms with Crippen LogP contribution in [0, 0.1) is 12.3 Å². The summed E-state index contributed by atoms with van der Waals surface area (Å²) in [7, 11) is 1.77. The molecule has 3 atom stereocenters. The Morgan fingerprint density at radius 1 is 1.50 bits per heavy atom. The molecule has 0 spiro atoms. The van der Waals surface area contributed by atoms with Crippen molar-refractivity contribution in [2.45, 2.75) is 25.0 Å². The lowest BCUT2D eigenvalue weighted by Crippen LogP contribution is -2.20. The van der Waals surface area contributed by atoms with Crippen LogP contribution >= 0.6 is 0 Å². The van der Waals surface area contributed by atoms with Crippen LogP contribution in [0.3, 0.4) is 0 Å². The van der Waals surface area contributed by atoms with E-state index in [9.17, 15) is 0 Å². The second kappa shape index (κ2) is 2.51. The molecule has 10 heavy (non-hydrogen) atoms. The minimum absolute atomic E-state index is 0.365. The molecule has 1 radical (unpaired) electrons. The Bertz CT molecular complexity index is 124. The molecular formula is C8H13O2. The highest BCUT2D eigenvalue weighted by Gasteiger charge is 2.40. The first kappa shape index (κ1) is 6.62. The number of hydrogen-bond acceptors (Lipinski definition) is 2. The van der Waals surface area contributed by atoms with Crippen LogP contribution in [0.5, 0.6) is 0 Å². The minimum Gasteiger partial charge on any atom is -0.379 e. The van der Waals surface area contributed by atoms with Gasteiger partial charge in [0, 0.05) is 13.0 Å². The largest absolute Gasteiger partial charge is 0.379 e. The van der Waals surface area contributed by atoms with Crippen LogP contribution < -0.4 is 0 Å². The van der Waals surface area contributed by atoms with Crippen molar-refractivity contribution in [1.29, 1.82) is 0 Å². The maximum Gasteiger partial charge on any atom is 0.0857 e. The van der Waals surface area contributed by atoms with Gasteiger partial charge in [-0.15, -0.1) is 0 Å². The second-order valence-corrected chi connectivity index (χ2v) is 3.07. The fraction of sp³-hybridized carbons (Fsp3) is 0.875. The van der Waals surface area contributed by atoms with E-state index in [1.165, 1.54) is 6.42 Å². The first-order valence-corrected chi connectivity index (χ1v) is 3.88. The zero-order chi connectivity index (χ0) is 6.97. The van der Waals surface area contributed by atoms with Gasteiger partial charge in [-0.1, -0.05) is 0 Å². The molecule has 2 nitrogen and oxygen atoms in total. The standard InChI is InChI=1S/C8H13O2/c1-9-8-5-10-7-4-2-3-6(7)8/h2,6-8H,3-5H2,1H3/t6-,7+,8+/m0/s1. The van der Waals surface area contributed by atoms with E-state index in [-0.39, 0.29) is 0 Å². The summed E-state index contributed by atoms with van der Waals surface area (Å²) >= 11 is 0. The number of hydrogen-bond donors (Lipinski definition) is 0. The highest BCUT2D eigenvalue weighted by Crippen LogP contribution is 2.36. The fourth-order valence-electron chi connectivity index (χ4n) is 1.95. The van der Waals surface area contributed by atoms with Crippen LogP contribution in [0.2, 0.25) is 0 Å². The summed E-state index contributed by atoms with van der Waals surface area (Å²) in [6.45, 7) is 0.805. The van der Waals surface area contributed by atoms with E-state index < -0.39 is 0 Å². The van der Waals surface area contributed by atoms with Crippen molar-refractivity contribution in [2.24, 2.45) is 5.92 Å². The SMILES string of the molecule is CO[C@@H]1CO[C@@H]2C[CH]C[C@H]12. The Morgan fingerprint density at radius 3 is 3.20 bits per heavy atom. The molecule has 0 aromatic carbocycles. The third kappa shape index (κ3) is 0.867. The molecule has 1 saturated heterocycles. The smallest absolute Gasteiger partial charge is 0.0857 e. The van der Waals surface area contributed by atoms with E-state index in [4.69, 9.17) is 9.47 Å². The zero-order valence-corrected chi connectivity index (χ0v) is 6.25. The summed E-state index contributed by atoms with van der Waals surface area (Å²) in [5.74, 6) is 0.657. The third-order valence-corrected chi connectivity index (χ3v) is 2.57. The summed E-state index contributed by atoms with van der Waals surface area (Å²) in [6.07, 6.45) is 5.46. The van der Waals surface area contributed by atoms with Crippen molar-refractivity contribution in [3.63, 3.8) is 0 Å². The molecule has 1 heterocycles. The lowest BCUT2D eigenvalue weighted by Gasteiger charge is -2.12. The van der Waals surface area contributed by atoms with Gasteiger partial charge in [0.2, 0.25) is 0 Å². The lowest BCUT2D eigenvalue weighted by molar-refractivity contribution is 0.0609. The van der Waals surface area contributed by atoms with Crippen LogP contribution in [0.15, 0.2) is 0 Å². The van der Waals surface area contributed by atoms with E-state index in [0.29, 0.717) is 18.1 Å². The summed E-state index contributed by atoms with van der Waals surface area (Å²) in [4.78, 5) is 0. The summed E-state index contributed by atoms with van der Waals surface area (Å²) in [5, 5.41) is 0. The molecule has 0 aromatic heterocycles. The Hall–Kier alpha value is -0.0800. The van der Waals surface area contributed by atoms with Crippen LogP contribution in [-0.4, -0.2) is 25.9 Å². The predicted octanol–water partition coefficient (Wildman–Crippen LogP) is 1.01. The van der Waals surface area contributed by atoms with Gasteiger partial charge in [-0.05, 0) is 19.3 Å². The molecule has 2 rings (SSSR count). The molecule has 1 aliphatic heterocycles. The van der Waals surface area contributed by atoms with E-state index >= 15 is 0 Å². The Morgan fingerprint density at radius 2 is 2.40 bits per heavy atom. The van der Waals surface area contributed by atoms with Gasteiger partial charge in [-0.2, -0.15) is 0 Å². The molecule has 0 N–H and O–H groups in total. The van der Waals surface area contributed by atoms with E-state index in [2.05, 4.69) is 6.42 Å². The zero-order valence-electron chi connectivity index (χ0n) is 6.25. The first-order chi connectivity index (χ1) is 4.92. The van der Waals surface area contributed by atoms with Crippen LogP contribution in [0.4, 0.5) is 0 Å². The molecule has 2 heteroatoms. The van der Waals surface area contributed by atoms with Crippen LogP contribution in [0.1, 0.15) is 12.8 Å². The average Bonchev–Trinajstić information content (AvgIpc) is 2.44. The third-order valence-electron chi connectivity index (χ3n) is 2.57. The van der Waals surface area contributed by atoms with Crippen molar-refractivity contribution < 1.29 is 9.47 Å². The predicted molar refractivity (Wildman–Crippen MR) is 37.6 cm³/mol. The lowest BCUT2D eigenvalue weighted by atomic mass is 10.0. The molecule has 1 saturated carbocycles. The minimum atomic E-state index is 0.365. The van der Waals surface area contributed by atoms with Crippen molar-refractivity contribution in [2.75, 3.05) is 13.7 Å². The van der Waals surface area contributed by atoms with Gasteiger partial charge >= 0.3 is 0 Å². The van der Waals surface area contributed by atoms with E-state index in [1.54, 1.807) is 7.11 Å². The maximum atomic E-state index is 5.52. The average molecular weight is 141 g/mol. The first-order valence-electron chi connectivity index (χ1n) is 3.88. The summed E-state index contributed by atoms with van der Waals surface area (Å²) in [5.41, 5.74) is 0. The van der Waals surface area contributed by atoms with Crippen molar-refractivity contribution >= 4 is 0 Å². The molecule has 0 aromatic rings. The number of fused-ring (bicyclic) bond motifs is 1. The summed E-state index contributed by atoms with van der Waals surface area (Å²) in [6, 6.07) is 0. The van der Waals surface area contributed by atoms with Gasteiger partial charge in [-0.25, -0.2) is 0 Å². The molecule has 1 aliphatic carbocycles. The topological polar surface area (TPSA) is 18.5 Å². The Balaban J connectivity index is 2.01. The second-order valence-electron chi connectivity index (χ2n) is 3.07.